The highest BCUT2D eigenvalue weighted by Gasteiger charge is 2.64. The maximum Gasteiger partial charge on any atom is 0.331 e. The summed E-state index contributed by atoms with van der Waals surface area (Å²) in [7, 11) is 0. The molecule has 1 aliphatic rings. The molecule has 0 saturated carbocycles. The smallest absolute Gasteiger partial charge is 0.331 e. The van der Waals surface area contributed by atoms with Crippen molar-refractivity contribution < 1.29 is 28.2 Å². The Bertz CT molecular complexity index is 883. The second kappa shape index (κ2) is 8.66. The zero-order valence-electron chi connectivity index (χ0n) is 16.6. The van der Waals surface area contributed by atoms with Crippen LogP contribution in [-0.4, -0.2) is 52.3 Å². The summed E-state index contributed by atoms with van der Waals surface area (Å²) in [6.07, 6.45) is -0.781. The van der Waals surface area contributed by atoms with Crippen molar-refractivity contribution in [1.29, 1.82) is 0 Å². The summed E-state index contributed by atoms with van der Waals surface area (Å²) < 4.78 is 32.8. The van der Waals surface area contributed by atoms with Gasteiger partial charge in [0.1, 0.15) is 13.2 Å². The van der Waals surface area contributed by atoms with Gasteiger partial charge >= 0.3 is 17.6 Å². The minimum Gasteiger partial charge on any atom is -0.462 e. The number of hydrogen-bond acceptors (Lipinski definition) is 7. The molecule has 1 N–H and O–H groups in total. The van der Waals surface area contributed by atoms with E-state index in [4.69, 9.17) is 25.8 Å². The Kier molecular flexibility index (Phi) is 6.89. The number of hydrogen-bond donors (Lipinski definition) is 1. The van der Waals surface area contributed by atoms with E-state index in [1.807, 2.05) is 4.98 Å². The van der Waals surface area contributed by atoms with Crippen molar-refractivity contribution in [2.45, 2.75) is 45.2 Å². The van der Waals surface area contributed by atoms with Crippen molar-refractivity contribution in [3.05, 3.63) is 33.1 Å². The van der Waals surface area contributed by atoms with Crippen molar-refractivity contribution in [1.82, 2.24) is 9.55 Å². The summed E-state index contributed by atoms with van der Waals surface area (Å²) >= 11 is 6.05. The quantitative estimate of drug-likeness (QED) is 0.501. The molecule has 0 spiro atoms. The predicted molar refractivity (Wildman–Crippen MR) is 100 cm³/mol. The highest BCUT2D eigenvalue weighted by molar-refractivity contribution is 6.18. The fraction of sp³-hybridized carbons (Fsp3) is 0.667. The standard InChI is InChI=1S/C18H24ClFN2O7/c1-10(2)13(24)27-8-17(7-19)15(29-14(25)11(3)4)18(20,9-28-17)22-6-5-12(23)21-16(22)26/h5-6,10-11,15H,7-9H2,1-4H3,(H,21,23,26). The van der Waals surface area contributed by atoms with Crippen LogP contribution in [0.15, 0.2) is 21.9 Å². The van der Waals surface area contributed by atoms with E-state index < -0.39 is 71.6 Å². The number of H-pyrrole nitrogens is 1. The number of alkyl halides is 2. The van der Waals surface area contributed by atoms with Crippen LogP contribution >= 0.6 is 11.6 Å². The zero-order chi connectivity index (χ0) is 22.0. The van der Waals surface area contributed by atoms with Gasteiger partial charge in [-0.15, -0.1) is 11.6 Å². The largest absolute Gasteiger partial charge is 0.462 e. The van der Waals surface area contributed by atoms with Gasteiger partial charge in [-0.3, -0.25) is 23.9 Å². The van der Waals surface area contributed by atoms with E-state index in [0.29, 0.717) is 4.57 Å². The number of halogens is 2. The lowest BCUT2D eigenvalue weighted by Gasteiger charge is -2.35. The highest BCUT2D eigenvalue weighted by Crippen LogP contribution is 2.43. The lowest BCUT2D eigenvalue weighted by molar-refractivity contribution is -0.181. The maximum atomic E-state index is 16.1. The number of esters is 2. The Balaban J connectivity index is 2.51. The molecular formula is C18H24ClFN2O7. The first kappa shape index (κ1) is 23.1. The number of carbonyl (C=O) groups excluding carboxylic acids is 2. The zero-order valence-corrected chi connectivity index (χ0v) is 17.3. The number of ether oxygens (including phenoxy) is 3. The van der Waals surface area contributed by atoms with E-state index in [0.717, 1.165) is 12.3 Å². The second-order valence-corrected chi connectivity index (χ2v) is 7.79. The lowest BCUT2D eigenvalue weighted by Crippen LogP contribution is -2.57. The summed E-state index contributed by atoms with van der Waals surface area (Å²) in [4.78, 5) is 49.7. The highest BCUT2D eigenvalue weighted by atomic mass is 35.5. The summed E-state index contributed by atoms with van der Waals surface area (Å²) in [6, 6.07) is 0.948. The van der Waals surface area contributed by atoms with Gasteiger partial charge in [-0.25, -0.2) is 9.18 Å². The molecule has 1 saturated heterocycles. The number of carbonyl (C=O) groups is 2. The SMILES string of the molecule is CC(C)C(=O)OCC1(CCl)OCC(F)(n2ccc(=O)[nH]c2=O)C1OC(=O)C(C)C. The third kappa shape index (κ3) is 4.53. The minimum absolute atomic E-state index is 0.391. The molecule has 0 bridgehead atoms. The molecule has 2 heterocycles. The monoisotopic (exact) mass is 434 g/mol. The van der Waals surface area contributed by atoms with Crippen molar-refractivity contribution in [2.75, 3.05) is 19.1 Å². The van der Waals surface area contributed by atoms with Gasteiger partial charge in [0.15, 0.2) is 11.7 Å². The number of nitrogens with zero attached hydrogens (tertiary/aromatic N) is 1. The van der Waals surface area contributed by atoms with E-state index in [-0.39, 0.29) is 0 Å². The molecule has 0 aliphatic carbocycles. The number of aromatic amines is 1. The Labute approximate surface area is 171 Å². The van der Waals surface area contributed by atoms with Gasteiger partial charge in [0.2, 0.25) is 0 Å². The van der Waals surface area contributed by atoms with Crippen LogP contribution in [0.1, 0.15) is 27.7 Å². The predicted octanol–water partition coefficient (Wildman–Crippen LogP) is 0.934. The molecule has 29 heavy (non-hydrogen) atoms. The van der Waals surface area contributed by atoms with Crippen molar-refractivity contribution in [2.24, 2.45) is 11.8 Å². The molecule has 11 heteroatoms. The average molecular weight is 435 g/mol. The van der Waals surface area contributed by atoms with E-state index in [1.165, 1.54) is 0 Å². The number of rotatable bonds is 7. The Morgan fingerprint density at radius 2 is 1.93 bits per heavy atom. The van der Waals surface area contributed by atoms with E-state index in [1.54, 1.807) is 27.7 Å². The molecule has 9 nitrogen and oxygen atoms in total. The molecular weight excluding hydrogens is 411 g/mol. The summed E-state index contributed by atoms with van der Waals surface area (Å²) in [5.41, 5.74) is -3.52. The molecule has 2 rings (SSSR count). The third-order valence-electron chi connectivity index (χ3n) is 4.53. The average Bonchev–Trinajstić information content (AvgIpc) is 2.93. The Hall–Kier alpha value is -2.20. The molecule has 1 fully saturated rings. The lowest BCUT2D eigenvalue weighted by atomic mass is 9.94. The summed E-state index contributed by atoms with van der Waals surface area (Å²) in [6.45, 7) is 5.10. The molecule has 1 aromatic heterocycles. The first-order valence-corrected chi connectivity index (χ1v) is 9.58. The molecule has 3 atom stereocenters. The van der Waals surface area contributed by atoms with Gasteiger partial charge in [0.05, 0.1) is 17.7 Å². The molecule has 3 unspecified atom stereocenters. The number of nitrogens with one attached hydrogen (secondary N) is 1. The summed E-state index contributed by atoms with van der Waals surface area (Å²) in [5.74, 6) is -5.49. The van der Waals surface area contributed by atoms with Crippen LogP contribution in [-0.2, 0) is 29.6 Å². The van der Waals surface area contributed by atoms with Crippen molar-refractivity contribution >= 4 is 23.5 Å². The van der Waals surface area contributed by atoms with Crippen LogP contribution in [0.2, 0.25) is 0 Å². The van der Waals surface area contributed by atoms with Gasteiger partial charge in [-0.2, -0.15) is 0 Å². The Morgan fingerprint density at radius 1 is 1.31 bits per heavy atom. The molecule has 0 aromatic carbocycles. The van der Waals surface area contributed by atoms with Gasteiger partial charge in [-0.05, 0) is 0 Å². The molecule has 162 valence electrons. The second-order valence-electron chi connectivity index (χ2n) is 7.52. The first-order chi connectivity index (χ1) is 13.5. The Morgan fingerprint density at radius 3 is 2.45 bits per heavy atom. The summed E-state index contributed by atoms with van der Waals surface area (Å²) in [5, 5.41) is 0. The van der Waals surface area contributed by atoms with Crippen LogP contribution in [0.3, 0.4) is 0 Å². The van der Waals surface area contributed by atoms with Crippen LogP contribution in [0.5, 0.6) is 0 Å². The van der Waals surface area contributed by atoms with Gasteiger partial charge in [0.25, 0.3) is 11.4 Å². The van der Waals surface area contributed by atoms with E-state index in [9.17, 15) is 19.2 Å². The fourth-order valence-corrected chi connectivity index (χ4v) is 3.07. The topological polar surface area (TPSA) is 117 Å². The first-order valence-electron chi connectivity index (χ1n) is 9.05. The minimum atomic E-state index is -2.69. The van der Waals surface area contributed by atoms with E-state index in [2.05, 4.69) is 0 Å². The molecule has 1 aliphatic heterocycles. The number of aromatic nitrogens is 2. The van der Waals surface area contributed by atoms with Crippen LogP contribution in [0.4, 0.5) is 4.39 Å². The molecule has 0 amide bonds. The van der Waals surface area contributed by atoms with Crippen LogP contribution < -0.4 is 11.2 Å². The van der Waals surface area contributed by atoms with Crippen LogP contribution in [0.25, 0.3) is 0 Å². The maximum absolute atomic E-state index is 16.1. The molecule has 1 aromatic rings. The van der Waals surface area contributed by atoms with Crippen LogP contribution in [0, 0.1) is 11.8 Å². The fourth-order valence-electron chi connectivity index (χ4n) is 2.78. The van der Waals surface area contributed by atoms with E-state index >= 15 is 4.39 Å². The van der Waals surface area contributed by atoms with Crippen molar-refractivity contribution in [3.63, 3.8) is 0 Å². The van der Waals surface area contributed by atoms with Gasteiger partial charge in [0, 0.05) is 12.3 Å². The van der Waals surface area contributed by atoms with Crippen molar-refractivity contribution in [3.8, 4) is 0 Å². The normalized spacial score (nSPS) is 26.7. The third-order valence-corrected chi connectivity index (χ3v) is 4.98. The van der Waals surface area contributed by atoms with Gasteiger partial charge in [-0.1, -0.05) is 27.7 Å². The molecule has 0 radical (unpaired) electrons. The van der Waals surface area contributed by atoms with Gasteiger partial charge < -0.3 is 14.2 Å².